The Morgan fingerprint density at radius 2 is 1.89 bits per heavy atom. The number of carbonyl (C=O) groups excluding carboxylic acids is 1. The van der Waals surface area contributed by atoms with Gasteiger partial charge in [0.05, 0.1) is 0 Å². The molecular formula is C24H26N2O. The van der Waals surface area contributed by atoms with Crippen LogP contribution in [0.1, 0.15) is 43.5 Å². The van der Waals surface area contributed by atoms with Gasteiger partial charge in [-0.25, -0.2) is 0 Å². The summed E-state index contributed by atoms with van der Waals surface area (Å²) in [7, 11) is 0. The number of rotatable bonds is 4. The zero-order valence-electron chi connectivity index (χ0n) is 16.0. The van der Waals surface area contributed by atoms with E-state index in [1.807, 2.05) is 48.8 Å². The summed E-state index contributed by atoms with van der Waals surface area (Å²) in [6.07, 6.45) is 7.49. The van der Waals surface area contributed by atoms with Crippen molar-refractivity contribution in [2.45, 2.75) is 33.1 Å². The lowest BCUT2D eigenvalue weighted by Crippen LogP contribution is -2.33. The van der Waals surface area contributed by atoms with Crippen LogP contribution in [0.5, 0.6) is 0 Å². The second kappa shape index (κ2) is 7.15. The van der Waals surface area contributed by atoms with Crippen LogP contribution in [0.15, 0.2) is 60.9 Å². The van der Waals surface area contributed by atoms with Crippen LogP contribution in [0, 0.1) is 11.3 Å². The van der Waals surface area contributed by atoms with E-state index in [-0.39, 0.29) is 5.91 Å². The maximum absolute atomic E-state index is 12.5. The van der Waals surface area contributed by atoms with E-state index in [1.165, 1.54) is 24.6 Å². The van der Waals surface area contributed by atoms with E-state index in [2.05, 4.69) is 36.3 Å². The number of aromatic nitrogens is 1. The topological polar surface area (TPSA) is 42.0 Å². The smallest absolute Gasteiger partial charge is 0.251 e. The molecule has 4 rings (SSSR count). The summed E-state index contributed by atoms with van der Waals surface area (Å²) in [5, 5.41) is 5.43. The molecule has 1 saturated carbocycles. The van der Waals surface area contributed by atoms with Gasteiger partial charge in [0, 0.05) is 35.5 Å². The molecule has 0 bridgehead atoms. The van der Waals surface area contributed by atoms with Gasteiger partial charge < -0.3 is 5.32 Å². The lowest BCUT2D eigenvalue weighted by molar-refractivity contribution is 0.0937. The van der Waals surface area contributed by atoms with Crippen LogP contribution in [-0.4, -0.2) is 17.4 Å². The molecule has 0 unspecified atom stereocenters. The van der Waals surface area contributed by atoms with E-state index in [1.54, 1.807) is 0 Å². The van der Waals surface area contributed by atoms with Crippen molar-refractivity contribution in [1.29, 1.82) is 0 Å². The molecule has 0 aliphatic heterocycles. The SMILES string of the molecule is CC1(C)CCC[C@H]1CNC(=O)c1ccc(-c2cncc3ccccc23)cc1. The average Bonchev–Trinajstić information content (AvgIpc) is 3.04. The largest absolute Gasteiger partial charge is 0.352 e. The van der Waals surface area contributed by atoms with Crippen molar-refractivity contribution >= 4 is 16.7 Å². The van der Waals surface area contributed by atoms with Gasteiger partial charge in [-0.15, -0.1) is 0 Å². The number of hydrogen-bond acceptors (Lipinski definition) is 2. The normalized spacial score (nSPS) is 18.5. The summed E-state index contributed by atoms with van der Waals surface area (Å²) in [6, 6.07) is 16.1. The Bertz CT molecular complexity index is 954. The first-order valence-corrected chi connectivity index (χ1v) is 9.76. The fraction of sp³-hybridized carbons (Fsp3) is 0.333. The third kappa shape index (κ3) is 3.59. The molecule has 3 heteroatoms. The van der Waals surface area contributed by atoms with Crippen molar-refractivity contribution in [1.82, 2.24) is 10.3 Å². The van der Waals surface area contributed by atoms with E-state index < -0.39 is 0 Å². The first-order chi connectivity index (χ1) is 13.0. The molecule has 1 amide bonds. The quantitative estimate of drug-likeness (QED) is 0.673. The molecule has 0 radical (unpaired) electrons. The molecule has 3 nitrogen and oxygen atoms in total. The minimum atomic E-state index is 0.0142. The zero-order valence-corrected chi connectivity index (χ0v) is 16.0. The summed E-state index contributed by atoms with van der Waals surface area (Å²) < 4.78 is 0. The maximum Gasteiger partial charge on any atom is 0.251 e. The maximum atomic E-state index is 12.5. The molecule has 1 atom stereocenters. The number of pyridine rings is 1. The Labute approximate surface area is 160 Å². The Morgan fingerprint density at radius 3 is 2.63 bits per heavy atom. The minimum Gasteiger partial charge on any atom is -0.352 e. The molecule has 2 aromatic carbocycles. The van der Waals surface area contributed by atoms with Gasteiger partial charge in [-0.3, -0.25) is 9.78 Å². The monoisotopic (exact) mass is 358 g/mol. The van der Waals surface area contributed by atoms with E-state index in [4.69, 9.17) is 0 Å². The van der Waals surface area contributed by atoms with Gasteiger partial charge in [-0.1, -0.05) is 56.7 Å². The van der Waals surface area contributed by atoms with E-state index in [9.17, 15) is 4.79 Å². The summed E-state index contributed by atoms with van der Waals surface area (Å²) in [6.45, 7) is 5.38. The molecule has 3 aromatic rings. The number of fused-ring (bicyclic) bond motifs is 1. The molecule has 1 fully saturated rings. The van der Waals surface area contributed by atoms with Crippen LogP contribution in [0.25, 0.3) is 21.9 Å². The number of carbonyl (C=O) groups is 1. The van der Waals surface area contributed by atoms with Crippen LogP contribution < -0.4 is 5.32 Å². The van der Waals surface area contributed by atoms with Crippen molar-refractivity contribution < 1.29 is 4.79 Å². The van der Waals surface area contributed by atoms with Crippen molar-refractivity contribution in [3.63, 3.8) is 0 Å². The summed E-state index contributed by atoms with van der Waals surface area (Å²) in [5.41, 5.74) is 3.21. The second-order valence-electron chi connectivity index (χ2n) is 8.27. The number of nitrogens with zero attached hydrogens (tertiary/aromatic N) is 1. The van der Waals surface area contributed by atoms with Gasteiger partial charge >= 0.3 is 0 Å². The Kier molecular flexibility index (Phi) is 4.69. The van der Waals surface area contributed by atoms with Gasteiger partial charge in [-0.05, 0) is 47.3 Å². The molecule has 0 saturated heterocycles. The molecule has 138 valence electrons. The molecule has 1 aliphatic carbocycles. The molecule has 1 N–H and O–H groups in total. The van der Waals surface area contributed by atoms with Crippen LogP contribution in [-0.2, 0) is 0 Å². The van der Waals surface area contributed by atoms with E-state index >= 15 is 0 Å². The van der Waals surface area contributed by atoms with Crippen LogP contribution in [0.4, 0.5) is 0 Å². The highest BCUT2D eigenvalue weighted by Crippen LogP contribution is 2.42. The number of hydrogen-bond donors (Lipinski definition) is 1. The summed E-state index contributed by atoms with van der Waals surface area (Å²) in [4.78, 5) is 16.9. The van der Waals surface area contributed by atoms with Crippen molar-refractivity contribution in [2.24, 2.45) is 11.3 Å². The standard InChI is InChI=1S/C24H26N2O/c1-24(2)13-5-7-20(24)15-26-23(27)18-11-9-17(10-12-18)22-16-25-14-19-6-3-4-8-21(19)22/h3-4,6,8-12,14,16,20H,5,7,13,15H2,1-2H3,(H,26,27)/t20-/m0/s1. The Morgan fingerprint density at radius 1 is 1.11 bits per heavy atom. The molecular weight excluding hydrogens is 332 g/mol. The fourth-order valence-corrected chi connectivity index (χ4v) is 4.24. The predicted molar refractivity (Wildman–Crippen MR) is 111 cm³/mol. The van der Waals surface area contributed by atoms with Crippen molar-refractivity contribution in [3.05, 3.63) is 66.5 Å². The third-order valence-corrected chi connectivity index (χ3v) is 6.11. The van der Waals surface area contributed by atoms with Gasteiger partial charge in [0.15, 0.2) is 0 Å². The van der Waals surface area contributed by atoms with Gasteiger partial charge in [0.2, 0.25) is 0 Å². The van der Waals surface area contributed by atoms with Gasteiger partial charge in [-0.2, -0.15) is 0 Å². The Hall–Kier alpha value is -2.68. The first-order valence-electron chi connectivity index (χ1n) is 9.76. The Balaban J connectivity index is 1.49. The van der Waals surface area contributed by atoms with E-state index in [0.29, 0.717) is 16.9 Å². The highest BCUT2D eigenvalue weighted by Gasteiger charge is 2.34. The lowest BCUT2D eigenvalue weighted by Gasteiger charge is -2.27. The first kappa shape index (κ1) is 17.7. The molecule has 0 spiro atoms. The second-order valence-corrected chi connectivity index (χ2v) is 8.27. The summed E-state index contributed by atoms with van der Waals surface area (Å²) in [5.74, 6) is 0.586. The molecule has 1 heterocycles. The lowest BCUT2D eigenvalue weighted by atomic mass is 9.82. The molecule has 1 aromatic heterocycles. The van der Waals surface area contributed by atoms with Crippen molar-refractivity contribution in [2.75, 3.05) is 6.54 Å². The minimum absolute atomic E-state index is 0.0142. The summed E-state index contributed by atoms with van der Waals surface area (Å²) >= 11 is 0. The number of nitrogens with one attached hydrogen (secondary N) is 1. The zero-order chi connectivity index (χ0) is 18.9. The van der Waals surface area contributed by atoms with Crippen LogP contribution >= 0.6 is 0 Å². The van der Waals surface area contributed by atoms with Crippen LogP contribution in [0.3, 0.4) is 0 Å². The van der Waals surface area contributed by atoms with Gasteiger partial charge in [0.1, 0.15) is 0 Å². The van der Waals surface area contributed by atoms with E-state index in [0.717, 1.165) is 23.1 Å². The molecule has 1 aliphatic rings. The highest BCUT2D eigenvalue weighted by molar-refractivity contribution is 5.97. The molecule has 27 heavy (non-hydrogen) atoms. The fourth-order valence-electron chi connectivity index (χ4n) is 4.24. The number of benzene rings is 2. The number of amides is 1. The predicted octanol–water partition coefficient (Wildman–Crippen LogP) is 5.46. The van der Waals surface area contributed by atoms with Crippen LogP contribution in [0.2, 0.25) is 0 Å². The van der Waals surface area contributed by atoms with Crippen molar-refractivity contribution in [3.8, 4) is 11.1 Å². The average molecular weight is 358 g/mol. The third-order valence-electron chi connectivity index (χ3n) is 6.11. The highest BCUT2D eigenvalue weighted by atomic mass is 16.1. The van der Waals surface area contributed by atoms with Gasteiger partial charge in [0.25, 0.3) is 5.91 Å².